The number of carbonyl (C=O) groups excluding carboxylic acids is 3. The van der Waals surface area contributed by atoms with Crippen LogP contribution >= 0.6 is 11.8 Å². The molecule has 3 heterocycles. The number of ether oxygens (including phenoxy) is 1. The summed E-state index contributed by atoms with van der Waals surface area (Å²) in [6.07, 6.45) is 3.22. The number of aliphatic hydroxyl groups is 1. The van der Waals surface area contributed by atoms with E-state index < -0.39 is 28.7 Å². The Hall–Kier alpha value is -3.04. The highest BCUT2D eigenvalue weighted by atomic mass is 32.2. The summed E-state index contributed by atoms with van der Waals surface area (Å²) in [5, 5.41) is 16.5. The van der Waals surface area contributed by atoms with Crippen LogP contribution in [0.4, 0.5) is 5.69 Å². The first kappa shape index (κ1) is 27.5. The molecule has 3 aliphatic heterocycles. The number of anilines is 1. The molecule has 6 atom stereocenters. The first-order chi connectivity index (χ1) is 18.9. The summed E-state index contributed by atoms with van der Waals surface area (Å²) in [4.78, 5) is 43.4. The van der Waals surface area contributed by atoms with Gasteiger partial charge in [0, 0.05) is 17.5 Å². The number of unbranched alkanes of at least 4 members (excludes halogenated alkanes) is 1. The summed E-state index contributed by atoms with van der Waals surface area (Å²) in [6.45, 7) is 4.75. The van der Waals surface area contributed by atoms with Crippen molar-refractivity contribution in [3.05, 3.63) is 60.2 Å². The van der Waals surface area contributed by atoms with E-state index in [4.69, 9.17) is 4.74 Å². The molecule has 2 unspecified atom stereocenters. The summed E-state index contributed by atoms with van der Waals surface area (Å²) >= 11 is 1.63. The van der Waals surface area contributed by atoms with E-state index in [1.165, 1.54) is 0 Å². The second-order valence-corrected chi connectivity index (χ2v) is 12.1. The van der Waals surface area contributed by atoms with E-state index in [1.807, 2.05) is 37.3 Å². The lowest BCUT2D eigenvalue weighted by molar-refractivity contribution is -0.142. The predicted molar refractivity (Wildman–Crippen MR) is 151 cm³/mol. The quantitative estimate of drug-likeness (QED) is 0.367. The van der Waals surface area contributed by atoms with E-state index in [-0.39, 0.29) is 29.6 Å². The van der Waals surface area contributed by atoms with Crippen LogP contribution in [0, 0.1) is 11.8 Å². The van der Waals surface area contributed by atoms with Gasteiger partial charge in [-0.3, -0.25) is 14.4 Å². The topological polar surface area (TPSA) is 108 Å². The average molecular weight is 552 g/mol. The fourth-order valence-electron chi connectivity index (χ4n) is 6.57. The highest BCUT2D eigenvalue weighted by Crippen LogP contribution is 2.67. The number of hydrogen-bond acceptors (Lipinski definition) is 6. The molecule has 2 bridgehead atoms. The zero-order valence-electron chi connectivity index (χ0n) is 22.5. The van der Waals surface area contributed by atoms with Crippen molar-refractivity contribution in [2.45, 2.75) is 61.6 Å². The van der Waals surface area contributed by atoms with E-state index in [1.54, 1.807) is 40.9 Å². The van der Waals surface area contributed by atoms with Gasteiger partial charge in [0.15, 0.2) is 0 Å². The Kier molecular flexibility index (Phi) is 8.19. The smallest absolute Gasteiger partial charge is 0.244 e. The zero-order valence-corrected chi connectivity index (χ0v) is 23.3. The maximum absolute atomic E-state index is 14.3. The Balaban J connectivity index is 1.47. The molecule has 3 aliphatic rings. The van der Waals surface area contributed by atoms with Gasteiger partial charge in [-0.25, -0.2) is 0 Å². The molecule has 5 rings (SSSR count). The lowest BCUT2D eigenvalue weighted by Gasteiger charge is -2.37. The third kappa shape index (κ3) is 4.91. The third-order valence-electron chi connectivity index (χ3n) is 8.24. The van der Waals surface area contributed by atoms with E-state index in [0.717, 1.165) is 30.6 Å². The van der Waals surface area contributed by atoms with Gasteiger partial charge in [-0.15, -0.1) is 11.8 Å². The average Bonchev–Trinajstić information content (AvgIpc) is 3.59. The Bertz CT molecular complexity index is 1190. The monoisotopic (exact) mass is 551 g/mol. The standard InChI is InChI=1S/C30H37N3O5S/c1-3-5-17-31-28(36)26-30-16-15-23(39-30)24(27(35)32-20-11-13-21(14-12-20)38-4-2)25(30)29(37)33(26)22(18-34)19-9-7-6-8-10-19/h6-14,22-26,34H,3-5,15-18H2,1-2H3,(H,31,36)(H,32,35)/t22-,23-,24+,25+,26?,30?/m1/s1. The summed E-state index contributed by atoms with van der Waals surface area (Å²) in [5.41, 5.74) is 1.41. The molecule has 208 valence electrons. The minimum atomic E-state index is -0.762. The highest BCUT2D eigenvalue weighted by molar-refractivity contribution is 8.02. The summed E-state index contributed by atoms with van der Waals surface area (Å²) in [7, 11) is 0. The number of fused-ring (bicyclic) bond motifs is 1. The molecule has 3 fully saturated rings. The zero-order chi connectivity index (χ0) is 27.6. The van der Waals surface area contributed by atoms with Crippen LogP contribution in [-0.4, -0.2) is 63.5 Å². The molecule has 39 heavy (non-hydrogen) atoms. The van der Waals surface area contributed by atoms with Gasteiger partial charge in [-0.1, -0.05) is 43.7 Å². The summed E-state index contributed by atoms with van der Waals surface area (Å²) < 4.78 is 4.79. The molecule has 1 spiro atoms. The molecule has 0 aromatic heterocycles. The van der Waals surface area contributed by atoms with E-state index in [9.17, 15) is 19.5 Å². The number of hydrogen-bond donors (Lipinski definition) is 3. The number of thioether (sulfide) groups is 1. The molecule has 2 aromatic rings. The van der Waals surface area contributed by atoms with Crippen molar-refractivity contribution in [2.24, 2.45) is 11.8 Å². The van der Waals surface area contributed by atoms with Gasteiger partial charge in [0.25, 0.3) is 0 Å². The molecule has 8 nitrogen and oxygen atoms in total. The van der Waals surface area contributed by atoms with Crippen LogP contribution in [0.15, 0.2) is 54.6 Å². The number of nitrogens with zero attached hydrogens (tertiary/aromatic N) is 1. The lowest BCUT2D eigenvalue weighted by Crippen LogP contribution is -2.54. The number of amides is 3. The van der Waals surface area contributed by atoms with E-state index in [0.29, 0.717) is 25.3 Å². The predicted octanol–water partition coefficient (Wildman–Crippen LogP) is 3.76. The highest BCUT2D eigenvalue weighted by Gasteiger charge is 2.74. The van der Waals surface area contributed by atoms with Crippen molar-refractivity contribution in [1.29, 1.82) is 0 Å². The molecule has 0 radical (unpaired) electrons. The first-order valence-corrected chi connectivity index (χ1v) is 14.8. The third-order valence-corrected chi connectivity index (χ3v) is 10.2. The van der Waals surface area contributed by atoms with Crippen molar-refractivity contribution in [3.8, 4) is 5.75 Å². The second kappa shape index (κ2) is 11.6. The number of likely N-dealkylation sites (tertiary alicyclic amines) is 1. The number of carbonyl (C=O) groups is 3. The number of nitrogens with one attached hydrogen (secondary N) is 2. The van der Waals surface area contributed by atoms with Crippen molar-refractivity contribution in [2.75, 3.05) is 25.1 Å². The van der Waals surface area contributed by atoms with Crippen molar-refractivity contribution < 1.29 is 24.2 Å². The minimum Gasteiger partial charge on any atom is -0.494 e. The van der Waals surface area contributed by atoms with Crippen LogP contribution < -0.4 is 15.4 Å². The molecular weight excluding hydrogens is 514 g/mol. The van der Waals surface area contributed by atoms with Crippen LogP contribution in [0.25, 0.3) is 0 Å². The Labute approximate surface area is 233 Å². The van der Waals surface area contributed by atoms with E-state index in [2.05, 4.69) is 17.6 Å². The van der Waals surface area contributed by atoms with Gasteiger partial charge in [-0.2, -0.15) is 0 Å². The van der Waals surface area contributed by atoms with Crippen LogP contribution in [0.5, 0.6) is 5.75 Å². The number of rotatable bonds is 11. The maximum atomic E-state index is 14.3. The van der Waals surface area contributed by atoms with Crippen molar-refractivity contribution in [3.63, 3.8) is 0 Å². The van der Waals surface area contributed by atoms with E-state index >= 15 is 0 Å². The van der Waals surface area contributed by atoms with Gasteiger partial charge in [0.1, 0.15) is 11.8 Å². The van der Waals surface area contributed by atoms with Crippen LogP contribution in [0.2, 0.25) is 0 Å². The molecule has 0 aliphatic carbocycles. The minimum absolute atomic E-state index is 0.0426. The maximum Gasteiger partial charge on any atom is 0.244 e. The fourth-order valence-corrected chi connectivity index (χ4v) is 8.77. The second-order valence-electron chi connectivity index (χ2n) is 10.5. The Morgan fingerprint density at radius 2 is 1.87 bits per heavy atom. The van der Waals surface area contributed by atoms with Gasteiger partial charge in [0.2, 0.25) is 17.7 Å². The fraction of sp³-hybridized carbons (Fsp3) is 0.500. The van der Waals surface area contributed by atoms with Crippen molar-refractivity contribution in [1.82, 2.24) is 10.2 Å². The van der Waals surface area contributed by atoms with Crippen LogP contribution in [-0.2, 0) is 14.4 Å². The van der Waals surface area contributed by atoms with Crippen LogP contribution in [0.1, 0.15) is 51.1 Å². The molecule has 9 heteroatoms. The normalized spacial score (nSPS) is 27.8. The van der Waals surface area contributed by atoms with Crippen LogP contribution in [0.3, 0.4) is 0 Å². The largest absolute Gasteiger partial charge is 0.494 e. The first-order valence-electron chi connectivity index (χ1n) is 13.9. The van der Waals surface area contributed by atoms with Gasteiger partial charge in [0.05, 0.1) is 35.8 Å². The summed E-state index contributed by atoms with van der Waals surface area (Å²) in [5.74, 6) is -1.11. The van der Waals surface area contributed by atoms with Crippen molar-refractivity contribution >= 4 is 35.2 Å². The van der Waals surface area contributed by atoms with Gasteiger partial charge in [-0.05, 0) is 56.0 Å². The Morgan fingerprint density at radius 3 is 2.54 bits per heavy atom. The molecule has 3 amide bonds. The SMILES string of the molecule is CCCCNC(=O)C1N([C@H](CO)c2ccccc2)C(=O)[C@@H]2[C@@H](C(=O)Nc3ccc(OCC)cc3)[C@H]3CCC12S3. The van der Waals surface area contributed by atoms with Gasteiger partial charge < -0.3 is 25.4 Å². The molecule has 3 saturated heterocycles. The molecule has 2 aromatic carbocycles. The molecular formula is C30H37N3O5S. The lowest BCUT2D eigenvalue weighted by atomic mass is 9.70. The molecule has 3 N–H and O–H groups in total. The van der Waals surface area contributed by atoms with Gasteiger partial charge >= 0.3 is 0 Å². The summed E-state index contributed by atoms with van der Waals surface area (Å²) in [6, 6.07) is 15.1. The molecule has 0 saturated carbocycles. The Morgan fingerprint density at radius 1 is 1.13 bits per heavy atom. The number of benzene rings is 2. The number of aliphatic hydroxyl groups excluding tert-OH is 1.